The standard InChI is InChI=1S/C17H14F4O3/c18-13-7-1-10(2-8-13)9-14(16(23)24)15(22)11-3-5-12(6-4-11)17(19,20)21/h1-8,14-15,22H,9H2,(H,23,24). The third-order valence-corrected chi connectivity index (χ3v) is 3.65. The minimum absolute atomic E-state index is 0.0671. The molecule has 2 rings (SSSR count). The number of aliphatic hydroxyl groups is 1. The summed E-state index contributed by atoms with van der Waals surface area (Å²) in [5.41, 5.74) is -0.323. The lowest BCUT2D eigenvalue weighted by Crippen LogP contribution is -2.24. The average molecular weight is 342 g/mol. The van der Waals surface area contributed by atoms with E-state index < -0.39 is 35.5 Å². The zero-order valence-electron chi connectivity index (χ0n) is 12.3. The van der Waals surface area contributed by atoms with Crippen LogP contribution in [-0.2, 0) is 17.4 Å². The van der Waals surface area contributed by atoms with E-state index >= 15 is 0 Å². The first-order valence-electron chi connectivity index (χ1n) is 7.01. The molecule has 0 saturated carbocycles. The van der Waals surface area contributed by atoms with E-state index in [1.807, 2.05) is 0 Å². The van der Waals surface area contributed by atoms with E-state index in [1.165, 1.54) is 24.3 Å². The van der Waals surface area contributed by atoms with Crippen molar-refractivity contribution in [3.8, 4) is 0 Å². The molecule has 0 aliphatic heterocycles. The van der Waals surface area contributed by atoms with Gasteiger partial charge in [-0.25, -0.2) is 4.39 Å². The number of hydrogen-bond donors (Lipinski definition) is 2. The predicted octanol–water partition coefficient (Wildman–Crippen LogP) is 3.82. The number of hydrogen-bond acceptors (Lipinski definition) is 2. The summed E-state index contributed by atoms with van der Waals surface area (Å²) in [4.78, 5) is 11.4. The number of aliphatic hydroxyl groups excluding tert-OH is 1. The summed E-state index contributed by atoms with van der Waals surface area (Å²) in [7, 11) is 0. The van der Waals surface area contributed by atoms with Crippen molar-refractivity contribution < 1.29 is 32.6 Å². The predicted molar refractivity (Wildman–Crippen MR) is 77.6 cm³/mol. The number of halogens is 4. The summed E-state index contributed by atoms with van der Waals surface area (Å²) in [6, 6.07) is 8.79. The van der Waals surface area contributed by atoms with Crippen LogP contribution in [0.5, 0.6) is 0 Å². The van der Waals surface area contributed by atoms with Crippen molar-refractivity contribution in [2.75, 3.05) is 0 Å². The number of aliphatic carboxylic acids is 1. The first kappa shape index (κ1) is 17.9. The minimum Gasteiger partial charge on any atom is -0.481 e. The molecule has 128 valence electrons. The second-order valence-corrected chi connectivity index (χ2v) is 5.34. The van der Waals surface area contributed by atoms with E-state index in [4.69, 9.17) is 0 Å². The molecule has 2 aromatic carbocycles. The van der Waals surface area contributed by atoms with Crippen molar-refractivity contribution in [3.63, 3.8) is 0 Å². The smallest absolute Gasteiger partial charge is 0.416 e. The Morgan fingerprint density at radius 1 is 1.00 bits per heavy atom. The fourth-order valence-corrected chi connectivity index (χ4v) is 2.31. The first-order chi connectivity index (χ1) is 11.2. The Kier molecular flexibility index (Phi) is 5.23. The zero-order valence-corrected chi connectivity index (χ0v) is 12.3. The molecule has 2 N–H and O–H groups in total. The Morgan fingerprint density at radius 3 is 2.00 bits per heavy atom. The van der Waals surface area contributed by atoms with Crippen LogP contribution in [0.4, 0.5) is 17.6 Å². The fourth-order valence-electron chi connectivity index (χ4n) is 2.31. The van der Waals surface area contributed by atoms with E-state index in [0.717, 1.165) is 24.3 Å². The SMILES string of the molecule is O=C(O)C(Cc1ccc(F)cc1)C(O)c1ccc(C(F)(F)F)cc1. The van der Waals surface area contributed by atoms with Crippen LogP contribution < -0.4 is 0 Å². The van der Waals surface area contributed by atoms with Gasteiger partial charge in [0.2, 0.25) is 0 Å². The maximum atomic E-state index is 12.9. The van der Waals surface area contributed by atoms with Crippen LogP contribution >= 0.6 is 0 Å². The Balaban J connectivity index is 2.21. The van der Waals surface area contributed by atoms with Crippen molar-refractivity contribution in [2.24, 2.45) is 5.92 Å². The quantitative estimate of drug-likeness (QED) is 0.812. The van der Waals surface area contributed by atoms with E-state index in [9.17, 15) is 32.6 Å². The van der Waals surface area contributed by atoms with E-state index in [-0.39, 0.29) is 12.0 Å². The maximum absolute atomic E-state index is 12.9. The summed E-state index contributed by atoms with van der Waals surface area (Å²) in [6.45, 7) is 0. The highest BCUT2D eigenvalue weighted by atomic mass is 19.4. The third-order valence-electron chi connectivity index (χ3n) is 3.65. The molecular formula is C17H14F4O3. The molecule has 0 aromatic heterocycles. The highest BCUT2D eigenvalue weighted by Crippen LogP contribution is 2.32. The van der Waals surface area contributed by atoms with E-state index in [2.05, 4.69) is 0 Å². The monoisotopic (exact) mass is 342 g/mol. The summed E-state index contributed by atoms with van der Waals surface area (Å²) in [5, 5.41) is 19.5. The molecule has 0 aliphatic rings. The van der Waals surface area contributed by atoms with Gasteiger partial charge in [0.1, 0.15) is 5.82 Å². The molecular weight excluding hydrogens is 328 g/mol. The van der Waals surface area contributed by atoms with Crippen LogP contribution in [0.25, 0.3) is 0 Å². The Labute approximate surface area is 135 Å². The molecule has 2 unspecified atom stereocenters. The molecule has 0 radical (unpaired) electrons. The van der Waals surface area contributed by atoms with Gasteiger partial charge in [-0.3, -0.25) is 4.79 Å². The summed E-state index contributed by atoms with van der Waals surface area (Å²) in [6.07, 6.45) is -6.09. The van der Waals surface area contributed by atoms with Crippen LogP contribution in [0.15, 0.2) is 48.5 Å². The second kappa shape index (κ2) is 7.00. The topological polar surface area (TPSA) is 57.5 Å². The van der Waals surface area contributed by atoms with E-state index in [0.29, 0.717) is 5.56 Å². The lowest BCUT2D eigenvalue weighted by molar-refractivity contribution is -0.146. The van der Waals surface area contributed by atoms with Crippen LogP contribution in [0.2, 0.25) is 0 Å². The highest BCUT2D eigenvalue weighted by Gasteiger charge is 2.32. The molecule has 7 heteroatoms. The molecule has 2 atom stereocenters. The normalized spacial score (nSPS) is 14.2. The molecule has 2 aromatic rings. The molecule has 0 heterocycles. The van der Waals surface area contributed by atoms with Gasteiger partial charge in [0.05, 0.1) is 17.6 Å². The molecule has 0 aliphatic carbocycles. The zero-order chi connectivity index (χ0) is 17.9. The summed E-state index contributed by atoms with van der Waals surface area (Å²) in [5.74, 6) is -3.05. The second-order valence-electron chi connectivity index (χ2n) is 5.34. The van der Waals surface area contributed by atoms with Crippen LogP contribution in [0.1, 0.15) is 22.8 Å². The number of rotatable bonds is 5. The Hall–Kier alpha value is -2.41. The lowest BCUT2D eigenvalue weighted by atomic mass is 9.89. The van der Waals surface area contributed by atoms with Gasteiger partial charge in [-0.05, 0) is 41.8 Å². The van der Waals surface area contributed by atoms with Gasteiger partial charge in [0.15, 0.2) is 0 Å². The molecule has 0 spiro atoms. The fraction of sp³-hybridized carbons (Fsp3) is 0.235. The number of carboxylic acids is 1. The first-order valence-corrected chi connectivity index (χ1v) is 7.01. The molecule has 0 saturated heterocycles. The van der Waals surface area contributed by atoms with Crippen molar-refractivity contribution in [1.82, 2.24) is 0 Å². The number of benzene rings is 2. The van der Waals surface area contributed by atoms with Gasteiger partial charge in [-0.1, -0.05) is 24.3 Å². The third kappa shape index (κ3) is 4.32. The van der Waals surface area contributed by atoms with Crippen molar-refractivity contribution in [1.29, 1.82) is 0 Å². The van der Waals surface area contributed by atoms with Gasteiger partial charge in [0.25, 0.3) is 0 Å². The maximum Gasteiger partial charge on any atom is 0.416 e. The number of carboxylic acid groups (broad SMARTS) is 1. The Morgan fingerprint density at radius 2 is 1.54 bits per heavy atom. The van der Waals surface area contributed by atoms with Gasteiger partial charge >= 0.3 is 12.1 Å². The van der Waals surface area contributed by atoms with Crippen molar-refractivity contribution in [2.45, 2.75) is 18.7 Å². The highest BCUT2D eigenvalue weighted by molar-refractivity contribution is 5.71. The molecule has 3 nitrogen and oxygen atoms in total. The molecule has 0 amide bonds. The van der Waals surface area contributed by atoms with Gasteiger partial charge in [-0.15, -0.1) is 0 Å². The number of alkyl halides is 3. The lowest BCUT2D eigenvalue weighted by Gasteiger charge is -2.20. The molecule has 0 fully saturated rings. The van der Waals surface area contributed by atoms with Crippen LogP contribution in [-0.4, -0.2) is 16.2 Å². The van der Waals surface area contributed by atoms with Crippen LogP contribution in [0.3, 0.4) is 0 Å². The summed E-state index contributed by atoms with van der Waals surface area (Å²) >= 11 is 0. The molecule has 24 heavy (non-hydrogen) atoms. The minimum atomic E-state index is -4.51. The van der Waals surface area contributed by atoms with E-state index in [1.54, 1.807) is 0 Å². The van der Waals surface area contributed by atoms with Gasteiger partial charge in [0, 0.05) is 0 Å². The van der Waals surface area contributed by atoms with Crippen molar-refractivity contribution in [3.05, 3.63) is 71.0 Å². The number of carbonyl (C=O) groups is 1. The molecule has 0 bridgehead atoms. The van der Waals surface area contributed by atoms with Crippen molar-refractivity contribution >= 4 is 5.97 Å². The summed E-state index contributed by atoms with van der Waals surface area (Å²) < 4.78 is 50.5. The Bertz CT molecular complexity index is 693. The van der Waals surface area contributed by atoms with Crippen LogP contribution in [0, 0.1) is 11.7 Å². The van der Waals surface area contributed by atoms with Gasteiger partial charge < -0.3 is 10.2 Å². The largest absolute Gasteiger partial charge is 0.481 e. The van der Waals surface area contributed by atoms with Gasteiger partial charge in [-0.2, -0.15) is 13.2 Å². The average Bonchev–Trinajstić information content (AvgIpc) is 2.52.